The number of hydrogen-bond donors (Lipinski definition) is 0. The number of nitrogens with zero attached hydrogens (tertiary/aromatic N) is 1. The first-order valence-electron chi connectivity index (χ1n) is 3.90. The van der Waals surface area contributed by atoms with Crippen LogP contribution in [0.4, 0.5) is 0 Å². The summed E-state index contributed by atoms with van der Waals surface area (Å²) in [6, 6.07) is 0. The maximum Gasteiger partial charge on any atom is 0.226 e. The number of β-lactam (4-membered cyclic amide) rings is 1. The maximum absolute atomic E-state index is 11.1. The summed E-state index contributed by atoms with van der Waals surface area (Å²) >= 11 is 7.05. The van der Waals surface area contributed by atoms with Gasteiger partial charge in [0.05, 0.1) is 18.3 Å². The van der Waals surface area contributed by atoms with E-state index in [9.17, 15) is 4.79 Å². The Morgan fingerprint density at radius 2 is 2.50 bits per heavy atom. The van der Waals surface area contributed by atoms with Gasteiger partial charge in [0.2, 0.25) is 5.91 Å². The molecular weight excluding hydrogens is 209 g/mol. The average molecular weight is 219 g/mol. The first kappa shape index (κ1) is 8.92. The summed E-state index contributed by atoms with van der Waals surface area (Å²) in [5, 5.41) is 0.897. The SMILES string of the molecule is O=C1C[C@H]2SC(CP)C(=S)CN12. The van der Waals surface area contributed by atoms with Crippen molar-refractivity contribution < 1.29 is 4.79 Å². The van der Waals surface area contributed by atoms with Crippen LogP contribution in [0.2, 0.25) is 0 Å². The van der Waals surface area contributed by atoms with Gasteiger partial charge in [-0.1, -0.05) is 12.2 Å². The second-order valence-corrected chi connectivity index (χ2v) is 5.39. The summed E-state index contributed by atoms with van der Waals surface area (Å²) in [4.78, 5) is 14.0. The zero-order valence-corrected chi connectivity index (χ0v) is 9.31. The minimum absolute atomic E-state index is 0.261. The van der Waals surface area contributed by atoms with Gasteiger partial charge in [0.1, 0.15) is 0 Å². The Morgan fingerprint density at radius 1 is 1.75 bits per heavy atom. The molecule has 66 valence electrons. The fraction of sp³-hybridized carbons (Fsp3) is 0.714. The van der Waals surface area contributed by atoms with E-state index < -0.39 is 0 Å². The molecule has 5 heteroatoms. The first-order valence-corrected chi connectivity index (χ1v) is 6.07. The van der Waals surface area contributed by atoms with Crippen LogP contribution >= 0.6 is 33.2 Å². The van der Waals surface area contributed by atoms with Crippen LogP contribution in [0.25, 0.3) is 0 Å². The molecule has 0 aromatic carbocycles. The van der Waals surface area contributed by atoms with Crippen LogP contribution in [0.1, 0.15) is 6.42 Å². The van der Waals surface area contributed by atoms with Crippen molar-refractivity contribution in [3.8, 4) is 0 Å². The van der Waals surface area contributed by atoms with Gasteiger partial charge in [-0.25, -0.2) is 0 Å². The van der Waals surface area contributed by atoms with Crippen LogP contribution in [-0.2, 0) is 4.79 Å². The van der Waals surface area contributed by atoms with Crippen LogP contribution in [0.15, 0.2) is 0 Å². The van der Waals surface area contributed by atoms with Crippen LogP contribution in [0.3, 0.4) is 0 Å². The zero-order valence-electron chi connectivity index (χ0n) is 6.53. The Kier molecular flexibility index (Phi) is 2.41. The van der Waals surface area contributed by atoms with Gasteiger partial charge in [0, 0.05) is 10.1 Å². The lowest BCUT2D eigenvalue weighted by Gasteiger charge is -2.46. The molecule has 2 heterocycles. The Labute approximate surface area is 83.7 Å². The molecule has 0 spiro atoms. The number of fused-ring (bicyclic) bond motifs is 1. The summed E-state index contributed by atoms with van der Waals surface area (Å²) in [6.07, 6.45) is 1.73. The highest BCUT2D eigenvalue weighted by atomic mass is 32.2. The van der Waals surface area contributed by atoms with Gasteiger partial charge in [-0.15, -0.1) is 21.0 Å². The molecule has 0 N–H and O–H groups in total. The van der Waals surface area contributed by atoms with E-state index in [1.54, 1.807) is 0 Å². The molecule has 0 bridgehead atoms. The van der Waals surface area contributed by atoms with Crippen molar-refractivity contribution in [3.63, 3.8) is 0 Å². The van der Waals surface area contributed by atoms with Gasteiger partial charge < -0.3 is 4.90 Å². The topological polar surface area (TPSA) is 20.3 Å². The van der Waals surface area contributed by atoms with Crippen molar-refractivity contribution in [1.82, 2.24) is 4.90 Å². The molecule has 0 radical (unpaired) electrons. The van der Waals surface area contributed by atoms with Gasteiger partial charge in [0.25, 0.3) is 0 Å². The number of rotatable bonds is 1. The molecule has 2 rings (SSSR count). The number of carbonyl (C=O) groups is 1. The molecular formula is C7H10NOPS2. The monoisotopic (exact) mass is 219 g/mol. The highest BCUT2D eigenvalue weighted by Gasteiger charge is 2.42. The molecule has 3 atom stereocenters. The third-order valence-electron chi connectivity index (χ3n) is 2.24. The molecule has 0 aliphatic carbocycles. The van der Waals surface area contributed by atoms with Crippen LogP contribution < -0.4 is 0 Å². The number of hydrogen-bond acceptors (Lipinski definition) is 3. The van der Waals surface area contributed by atoms with Crippen LogP contribution in [0.5, 0.6) is 0 Å². The first-order chi connectivity index (χ1) is 5.72. The van der Waals surface area contributed by atoms with Gasteiger partial charge in [-0.3, -0.25) is 4.79 Å². The van der Waals surface area contributed by atoms with E-state index in [1.165, 1.54) is 0 Å². The van der Waals surface area contributed by atoms with Crippen LogP contribution in [-0.4, -0.2) is 39.0 Å². The fourth-order valence-corrected chi connectivity index (χ4v) is 3.94. The maximum atomic E-state index is 11.1. The van der Waals surface area contributed by atoms with E-state index in [0.29, 0.717) is 23.6 Å². The molecule has 0 saturated carbocycles. The Hall–Kier alpha value is 0.340. The number of carbonyl (C=O) groups excluding carboxylic acids is 1. The summed E-state index contributed by atoms with van der Waals surface area (Å²) < 4.78 is 0. The quantitative estimate of drug-likeness (QED) is 0.371. The smallest absolute Gasteiger partial charge is 0.226 e. The molecule has 12 heavy (non-hydrogen) atoms. The van der Waals surface area contributed by atoms with Gasteiger partial charge >= 0.3 is 0 Å². The number of thioether (sulfide) groups is 1. The summed E-state index contributed by atoms with van der Waals surface area (Å²) in [7, 11) is 2.72. The van der Waals surface area contributed by atoms with E-state index in [4.69, 9.17) is 12.2 Å². The minimum atomic E-state index is 0.261. The third-order valence-corrected chi connectivity index (χ3v) is 5.15. The van der Waals surface area contributed by atoms with Crippen molar-refractivity contribution in [1.29, 1.82) is 0 Å². The van der Waals surface area contributed by atoms with Gasteiger partial charge in [-0.05, 0) is 6.16 Å². The lowest BCUT2D eigenvalue weighted by Crippen LogP contribution is -2.58. The number of amides is 1. The molecule has 1 amide bonds. The second kappa shape index (κ2) is 3.24. The Balaban J connectivity index is 2.04. The molecule has 2 saturated heterocycles. The molecule has 2 fully saturated rings. The van der Waals surface area contributed by atoms with E-state index in [-0.39, 0.29) is 5.91 Å². The molecule has 2 unspecified atom stereocenters. The van der Waals surface area contributed by atoms with Crippen molar-refractivity contribution >= 4 is 44.0 Å². The predicted octanol–water partition coefficient (Wildman–Crippen LogP) is 0.905. The second-order valence-electron chi connectivity index (χ2n) is 3.01. The molecule has 0 aromatic rings. The van der Waals surface area contributed by atoms with Crippen molar-refractivity contribution in [2.24, 2.45) is 0 Å². The standard InChI is InChI=1S/C7H10NOPS2/c9-6-1-7-8(6)2-4(11)5(3-10)12-7/h5,7H,1-3,10H2/t5?,7-/m1/s1. The zero-order chi connectivity index (χ0) is 8.72. The molecule has 2 nitrogen and oxygen atoms in total. The largest absolute Gasteiger partial charge is 0.325 e. The van der Waals surface area contributed by atoms with Crippen molar-refractivity contribution in [3.05, 3.63) is 0 Å². The molecule has 2 aliphatic heterocycles. The molecule has 0 aromatic heterocycles. The summed E-state index contributed by atoms with van der Waals surface area (Å²) in [6.45, 7) is 0.713. The third kappa shape index (κ3) is 1.30. The number of thiocarbonyl (C=S) groups is 1. The van der Waals surface area contributed by atoms with Gasteiger partial charge in [-0.2, -0.15) is 0 Å². The normalized spacial score (nSPS) is 34.6. The van der Waals surface area contributed by atoms with Gasteiger partial charge in [0.15, 0.2) is 0 Å². The van der Waals surface area contributed by atoms with Crippen LogP contribution in [0, 0.1) is 0 Å². The Morgan fingerprint density at radius 3 is 3.08 bits per heavy atom. The lowest BCUT2D eigenvalue weighted by molar-refractivity contribution is -0.140. The molecule has 2 aliphatic rings. The fourth-order valence-electron chi connectivity index (χ4n) is 1.46. The van der Waals surface area contributed by atoms with E-state index in [1.807, 2.05) is 16.7 Å². The predicted molar refractivity (Wildman–Crippen MR) is 58.7 cm³/mol. The Bertz CT molecular complexity index is 246. The summed E-state index contributed by atoms with van der Waals surface area (Å²) in [5.74, 6) is 0.261. The lowest BCUT2D eigenvalue weighted by atomic mass is 10.1. The highest BCUT2D eigenvalue weighted by molar-refractivity contribution is 8.02. The summed E-state index contributed by atoms with van der Waals surface area (Å²) in [5.41, 5.74) is 0. The van der Waals surface area contributed by atoms with E-state index in [2.05, 4.69) is 9.24 Å². The van der Waals surface area contributed by atoms with Crippen molar-refractivity contribution in [2.45, 2.75) is 17.0 Å². The minimum Gasteiger partial charge on any atom is -0.325 e. The highest BCUT2D eigenvalue weighted by Crippen LogP contribution is 2.37. The average Bonchev–Trinajstić information content (AvgIpc) is 2.06. The van der Waals surface area contributed by atoms with E-state index in [0.717, 1.165) is 11.0 Å². The van der Waals surface area contributed by atoms with Crippen molar-refractivity contribution in [2.75, 3.05) is 12.7 Å². The van der Waals surface area contributed by atoms with E-state index >= 15 is 0 Å².